The quantitative estimate of drug-likeness (QED) is 0.911. The Morgan fingerprint density at radius 2 is 2.09 bits per heavy atom. The first-order valence-electron chi connectivity index (χ1n) is 7.78. The summed E-state index contributed by atoms with van der Waals surface area (Å²) < 4.78 is 0. The van der Waals surface area contributed by atoms with E-state index in [-0.39, 0.29) is 5.91 Å². The fourth-order valence-electron chi connectivity index (χ4n) is 2.81. The molecule has 0 saturated carbocycles. The molecule has 3 rings (SSSR count). The van der Waals surface area contributed by atoms with Crippen LogP contribution in [0.15, 0.2) is 42.5 Å². The van der Waals surface area contributed by atoms with Gasteiger partial charge >= 0.3 is 0 Å². The molecule has 1 amide bonds. The number of hydrogen-bond acceptors (Lipinski definition) is 3. The SMILES string of the molecule is Cc1nc(-c2ccccc2)ccc1C(=O)NCC1CCCN1. The van der Waals surface area contributed by atoms with E-state index in [1.807, 2.05) is 49.4 Å². The zero-order chi connectivity index (χ0) is 15.4. The van der Waals surface area contributed by atoms with Crippen LogP contribution < -0.4 is 10.6 Å². The van der Waals surface area contributed by atoms with Crippen LogP contribution in [0.3, 0.4) is 0 Å². The molecule has 0 radical (unpaired) electrons. The molecule has 1 fully saturated rings. The van der Waals surface area contributed by atoms with Crippen molar-refractivity contribution < 1.29 is 4.79 Å². The Morgan fingerprint density at radius 3 is 2.77 bits per heavy atom. The number of benzene rings is 1. The van der Waals surface area contributed by atoms with Gasteiger partial charge in [-0.25, -0.2) is 0 Å². The number of pyridine rings is 1. The lowest BCUT2D eigenvalue weighted by molar-refractivity contribution is 0.0949. The minimum absolute atomic E-state index is 0.0432. The zero-order valence-electron chi connectivity index (χ0n) is 12.8. The molecule has 1 aliphatic heterocycles. The van der Waals surface area contributed by atoms with Crippen molar-refractivity contribution >= 4 is 5.91 Å². The molecule has 1 atom stereocenters. The third-order valence-corrected chi connectivity index (χ3v) is 4.07. The van der Waals surface area contributed by atoms with Crippen molar-refractivity contribution in [2.75, 3.05) is 13.1 Å². The summed E-state index contributed by atoms with van der Waals surface area (Å²) in [5.74, 6) is -0.0432. The highest BCUT2D eigenvalue weighted by atomic mass is 16.1. The maximum atomic E-state index is 12.3. The first-order valence-corrected chi connectivity index (χ1v) is 7.78. The molecule has 4 nitrogen and oxygen atoms in total. The van der Waals surface area contributed by atoms with Crippen LogP contribution in [0, 0.1) is 6.92 Å². The van der Waals surface area contributed by atoms with E-state index in [1.54, 1.807) is 0 Å². The Balaban J connectivity index is 1.70. The van der Waals surface area contributed by atoms with E-state index in [1.165, 1.54) is 6.42 Å². The minimum Gasteiger partial charge on any atom is -0.350 e. The summed E-state index contributed by atoms with van der Waals surface area (Å²) in [7, 11) is 0. The van der Waals surface area contributed by atoms with Gasteiger partial charge in [0.2, 0.25) is 0 Å². The van der Waals surface area contributed by atoms with Gasteiger partial charge in [0.25, 0.3) is 5.91 Å². The molecule has 1 aliphatic rings. The Morgan fingerprint density at radius 1 is 1.27 bits per heavy atom. The van der Waals surface area contributed by atoms with Crippen LogP contribution in [0.4, 0.5) is 0 Å². The average molecular weight is 295 g/mol. The van der Waals surface area contributed by atoms with Gasteiger partial charge in [-0.2, -0.15) is 0 Å². The lowest BCUT2D eigenvalue weighted by Crippen LogP contribution is -2.37. The normalized spacial score (nSPS) is 17.4. The number of amides is 1. The van der Waals surface area contributed by atoms with Crippen molar-refractivity contribution in [1.82, 2.24) is 15.6 Å². The van der Waals surface area contributed by atoms with E-state index in [9.17, 15) is 4.79 Å². The summed E-state index contributed by atoms with van der Waals surface area (Å²) in [6, 6.07) is 14.2. The van der Waals surface area contributed by atoms with Gasteiger partial charge in [-0.1, -0.05) is 30.3 Å². The van der Waals surface area contributed by atoms with Gasteiger partial charge in [0, 0.05) is 18.2 Å². The number of carbonyl (C=O) groups excluding carboxylic acids is 1. The number of aromatic nitrogens is 1. The van der Waals surface area contributed by atoms with Gasteiger partial charge < -0.3 is 10.6 Å². The molecule has 0 bridgehead atoms. The van der Waals surface area contributed by atoms with Gasteiger partial charge in [-0.15, -0.1) is 0 Å². The highest BCUT2D eigenvalue weighted by Gasteiger charge is 2.16. The Labute approximate surface area is 131 Å². The summed E-state index contributed by atoms with van der Waals surface area (Å²) >= 11 is 0. The molecule has 114 valence electrons. The summed E-state index contributed by atoms with van der Waals surface area (Å²) in [5, 5.41) is 6.38. The van der Waals surface area contributed by atoms with Crippen LogP contribution in [-0.2, 0) is 0 Å². The monoisotopic (exact) mass is 295 g/mol. The zero-order valence-corrected chi connectivity index (χ0v) is 12.8. The molecule has 22 heavy (non-hydrogen) atoms. The maximum Gasteiger partial charge on any atom is 0.253 e. The lowest BCUT2D eigenvalue weighted by Gasteiger charge is -2.13. The molecule has 2 aromatic rings. The first kappa shape index (κ1) is 14.7. The number of carbonyl (C=O) groups is 1. The van der Waals surface area contributed by atoms with Crippen molar-refractivity contribution in [1.29, 1.82) is 0 Å². The van der Waals surface area contributed by atoms with Crippen LogP contribution in [0.5, 0.6) is 0 Å². The standard InChI is InChI=1S/C18H21N3O/c1-13-16(18(22)20-12-15-8-5-11-19-15)9-10-17(21-13)14-6-3-2-4-7-14/h2-4,6-7,9-10,15,19H,5,8,11-12H2,1H3,(H,20,22). The highest BCUT2D eigenvalue weighted by Crippen LogP contribution is 2.18. The predicted octanol–water partition coefficient (Wildman–Crippen LogP) is 2.54. The van der Waals surface area contributed by atoms with Crippen molar-refractivity contribution in [2.24, 2.45) is 0 Å². The van der Waals surface area contributed by atoms with Crippen LogP contribution in [-0.4, -0.2) is 30.0 Å². The van der Waals surface area contributed by atoms with Gasteiger partial charge in [-0.3, -0.25) is 9.78 Å². The van der Waals surface area contributed by atoms with Gasteiger partial charge in [-0.05, 0) is 38.4 Å². The highest BCUT2D eigenvalue weighted by molar-refractivity contribution is 5.95. The fraction of sp³-hybridized carbons (Fsp3) is 0.333. The van der Waals surface area contributed by atoms with Crippen LogP contribution >= 0.6 is 0 Å². The number of rotatable bonds is 4. The second kappa shape index (κ2) is 6.71. The summed E-state index contributed by atoms with van der Waals surface area (Å²) in [6.45, 7) is 3.61. The average Bonchev–Trinajstić information content (AvgIpc) is 3.07. The summed E-state index contributed by atoms with van der Waals surface area (Å²) in [5.41, 5.74) is 3.37. The van der Waals surface area contributed by atoms with Crippen LogP contribution in [0.1, 0.15) is 28.9 Å². The molecular formula is C18H21N3O. The van der Waals surface area contributed by atoms with E-state index in [4.69, 9.17) is 0 Å². The van der Waals surface area contributed by atoms with Gasteiger partial charge in [0.05, 0.1) is 17.0 Å². The molecule has 2 heterocycles. The van der Waals surface area contributed by atoms with E-state index in [0.717, 1.165) is 29.9 Å². The maximum absolute atomic E-state index is 12.3. The first-order chi connectivity index (χ1) is 10.7. The van der Waals surface area contributed by atoms with Crippen molar-refractivity contribution in [3.63, 3.8) is 0 Å². The fourth-order valence-corrected chi connectivity index (χ4v) is 2.81. The van der Waals surface area contributed by atoms with Crippen molar-refractivity contribution in [3.8, 4) is 11.3 Å². The predicted molar refractivity (Wildman–Crippen MR) is 87.8 cm³/mol. The van der Waals surface area contributed by atoms with E-state index < -0.39 is 0 Å². The van der Waals surface area contributed by atoms with Crippen molar-refractivity contribution in [3.05, 3.63) is 53.7 Å². The molecule has 1 aromatic heterocycles. The Bertz CT molecular complexity index is 649. The van der Waals surface area contributed by atoms with E-state index in [2.05, 4.69) is 15.6 Å². The molecule has 1 aromatic carbocycles. The topological polar surface area (TPSA) is 54.0 Å². The minimum atomic E-state index is -0.0432. The number of nitrogens with one attached hydrogen (secondary N) is 2. The second-order valence-electron chi connectivity index (χ2n) is 5.70. The third-order valence-electron chi connectivity index (χ3n) is 4.07. The summed E-state index contributed by atoms with van der Waals surface area (Å²) in [6.07, 6.45) is 2.32. The smallest absolute Gasteiger partial charge is 0.253 e. The van der Waals surface area contributed by atoms with E-state index in [0.29, 0.717) is 18.2 Å². The number of nitrogens with zero attached hydrogens (tertiary/aromatic N) is 1. The third kappa shape index (κ3) is 3.34. The molecule has 4 heteroatoms. The second-order valence-corrected chi connectivity index (χ2v) is 5.70. The molecule has 0 aliphatic carbocycles. The van der Waals surface area contributed by atoms with Crippen LogP contribution in [0.25, 0.3) is 11.3 Å². The van der Waals surface area contributed by atoms with E-state index >= 15 is 0 Å². The number of aryl methyl sites for hydroxylation is 1. The molecule has 2 N–H and O–H groups in total. The number of hydrogen-bond donors (Lipinski definition) is 2. The van der Waals surface area contributed by atoms with Gasteiger partial charge in [0.15, 0.2) is 0 Å². The Hall–Kier alpha value is -2.20. The largest absolute Gasteiger partial charge is 0.350 e. The lowest BCUT2D eigenvalue weighted by atomic mass is 10.1. The molecular weight excluding hydrogens is 274 g/mol. The van der Waals surface area contributed by atoms with Crippen molar-refractivity contribution in [2.45, 2.75) is 25.8 Å². The molecule has 1 saturated heterocycles. The summed E-state index contributed by atoms with van der Waals surface area (Å²) in [4.78, 5) is 16.9. The molecule has 1 unspecified atom stereocenters. The van der Waals surface area contributed by atoms with Gasteiger partial charge in [0.1, 0.15) is 0 Å². The Kier molecular flexibility index (Phi) is 4.49. The van der Waals surface area contributed by atoms with Crippen LogP contribution in [0.2, 0.25) is 0 Å². The molecule has 0 spiro atoms.